The van der Waals surface area contributed by atoms with Crippen molar-refractivity contribution in [2.24, 2.45) is 5.16 Å². The number of amides is 1. The number of benzene rings is 1. The lowest BCUT2D eigenvalue weighted by Gasteiger charge is -2.10. The topological polar surface area (TPSA) is 74.6 Å². The fourth-order valence-electron chi connectivity index (χ4n) is 1.71. The first-order valence-electron chi connectivity index (χ1n) is 5.82. The number of oxime groups is 1. The second-order valence-electron chi connectivity index (χ2n) is 4.04. The Kier molecular flexibility index (Phi) is 4.05. The number of carbonyl (C=O) groups excluding carboxylic acids is 1. The van der Waals surface area contributed by atoms with Gasteiger partial charge in [0.1, 0.15) is 0 Å². The summed E-state index contributed by atoms with van der Waals surface area (Å²) < 4.78 is 13.5. The number of rotatable bonds is 3. The number of nitrogens with one attached hydrogen (secondary N) is 1. The Morgan fingerprint density at radius 1 is 1.30 bits per heavy atom. The summed E-state index contributed by atoms with van der Waals surface area (Å²) in [5.41, 5.74) is 1.23. The van der Waals surface area contributed by atoms with Crippen molar-refractivity contribution in [1.82, 2.24) is 4.98 Å². The number of anilines is 1. The molecule has 0 radical (unpaired) electrons. The zero-order chi connectivity index (χ0) is 14.5. The molecular weight excluding hydrogens is 261 g/mol. The van der Waals surface area contributed by atoms with Crippen molar-refractivity contribution in [2.45, 2.75) is 6.92 Å². The maximum atomic E-state index is 13.5. The van der Waals surface area contributed by atoms with Gasteiger partial charge in [0.2, 0.25) is 0 Å². The minimum Gasteiger partial charge on any atom is -0.411 e. The second-order valence-corrected chi connectivity index (χ2v) is 4.04. The van der Waals surface area contributed by atoms with Crippen LogP contribution >= 0.6 is 0 Å². The molecule has 1 aromatic heterocycles. The van der Waals surface area contributed by atoms with E-state index in [4.69, 9.17) is 5.21 Å². The number of hydrogen-bond acceptors (Lipinski definition) is 4. The SMILES string of the molecule is CC(=NO)c1ccccc1NC(=O)c1ccncc1F. The van der Waals surface area contributed by atoms with Gasteiger partial charge < -0.3 is 10.5 Å². The van der Waals surface area contributed by atoms with E-state index in [9.17, 15) is 9.18 Å². The molecule has 0 unspecified atom stereocenters. The van der Waals surface area contributed by atoms with Crippen LogP contribution in [0, 0.1) is 5.82 Å². The van der Waals surface area contributed by atoms with Crippen molar-refractivity contribution in [2.75, 3.05) is 5.32 Å². The van der Waals surface area contributed by atoms with Crippen LogP contribution in [0.2, 0.25) is 0 Å². The van der Waals surface area contributed by atoms with Crippen molar-refractivity contribution in [1.29, 1.82) is 0 Å². The predicted molar refractivity (Wildman–Crippen MR) is 72.6 cm³/mol. The number of hydrogen-bond donors (Lipinski definition) is 2. The summed E-state index contributed by atoms with van der Waals surface area (Å²) in [5.74, 6) is -1.29. The highest BCUT2D eigenvalue weighted by atomic mass is 19.1. The Balaban J connectivity index is 2.32. The lowest BCUT2D eigenvalue weighted by atomic mass is 10.1. The maximum absolute atomic E-state index is 13.5. The van der Waals surface area contributed by atoms with Gasteiger partial charge in [-0.25, -0.2) is 4.39 Å². The summed E-state index contributed by atoms with van der Waals surface area (Å²) in [7, 11) is 0. The first kappa shape index (κ1) is 13.7. The van der Waals surface area contributed by atoms with Crippen LogP contribution in [0.3, 0.4) is 0 Å². The summed E-state index contributed by atoms with van der Waals surface area (Å²) in [6.45, 7) is 1.60. The van der Waals surface area contributed by atoms with Crippen molar-refractivity contribution in [3.05, 3.63) is 59.7 Å². The molecule has 6 heteroatoms. The first-order chi connectivity index (χ1) is 9.63. The standard InChI is InChI=1S/C14H12FN3O2/c1-9(18-20)10-4-2-3-5-13(10)17-14(19)11-6-7-16-8-12(11)15/h2-8,20H,1H3,(H,17,19). The summed E-state index contributed by atoms with van der Waals surface area (Å²) in [4.78, 5) is 15.6. The van der Waals surface area contributed by atoms with Gasteiger partial charge in [0.15, 0.2) is 5.82 Å². The molecule has 0 spiro atoms. The van der Waals surface area contributed by atoms with Crippen molar-refractivity contribution in [3.8, 4) is 0 Å². The average Bonchev–Trinajstić information content (AvgIpc) is 2.47. The molecule has 0 fully saturated rings. The quantitative estimate of drug-likeness (QED) is 0.513. The van der Waals surface area contributed by atoms with Gasteiger partial charge in [-0.1, -0.05) is 23.4 Å². The van der Waals surface area contributed by atoms with Crippen molar-refractivity contribution < 1.29 is 14.4 Å². The zero-order valence-electron chi connectivity index (χ0n) is 10.7. The molecule has 102 valence electrons. The average molecular weight is 273 g/mol. The van der Waals surface area contributed by atoms with Crippen LogP contribution < -0.4 is 5.32 Å². The van der Waals surface area contributed by atoms with E-state index in [1.807, 2.05) is 0 Å². The Hall–Kier alpha value is -2.76. The highest BCUT2D eigenvalue weighted by molar-refractivity contribution is 6.10. The predicted octanol–water partition coefficient (Wildman–Crippen LogP) is 2.67. The normalized spacial score (nSPS) is 11.2. The largest absolute Gasteiger partial charge is 0.411 e. The van der Waals surface area contributed by atoms with Gasteiger partial charge in [-0.15, -0.1) is 0 Å². The molecule has 1 amide bonds. The molecule has 0 aliphatic heterocycles. The fraction of sp³-hybridized carbons (Fsp3) is 0.0714. The number of carbonyl (C=O) groups is 1. The number of pyridine rings is 1. The minimum absolute atomic E-state index is 0.103. The van der Waals surface area contributed by atoms with E-state index in [2.05, 4.69) is 15.5 Å². The third-order valence-corrected chi connectivity index (χ3v) is 2.73. The van der Waals surface area contributed by atoms with Crippen LogP contribution in [0.25, 0.3) is 0 Å². The molecule has 0 saturated carbocycles. The van der Waals surface area contributed by atoms with E-state index in [1.54, 1.807) is 31.2 Å². The third kappa shape index (κ3) is 2.80. The zero-order valence-corrected chi connectivity index (χ0v) is 10.7. The number of nitrogens with zero attached hydrogens (tertiary/aromatic N) is 2. The molecular formula is C14H12FN3O2. The Morgan fingerprint density at radius 2 is 2.05 bits per heavy atom. The molecule has 0 aliphatic rings. The smallest absolute Gasteiger partial charge is 0.258 e. The molecule has 0 atom stereocenters. The van der Waals surface area contributed by atoms with Gasteiger partial charge >= 0.3 is 0 Å². The van der Waals surface area contributed by atoms with Gasteiger partial charge in [-0.3, -0.25) is 9.78 Å². The van der Waals surface area contributed by atoms with E-state index in [0.29, 0.717) is 17.0 Å². The van der Waals surface area contributed by atoms with E-state index in [-0.39, 0.29) is 5.56 Å². The maximum Gasteiger partial charge on any atom is 0.258 e. The molecule has 2 aromatic rings. The monoisotopic (exact) mass is 273 g/mol. The van der Waals surface area contributed by atoms with E-state index >= 15 is 0 Å². The molecule has 0 aliphatic carbocycles. The van der Waals surface area contributed by atoms with Crippen LogP contribution in [-0.4, -0.2) is 21.8 Å². The molecule has 1 aromatic carbocycles. The molecule has 1 heterocycles. The molecule has 2 rings (SSSR count). The summed E-state index contributed by atoms with van der Waals surface area (Å²) >= 11 is 0. The van der Waals surface area contributed by atoms with Crippen LogP contribution in [0.5, 0.6) is 0 Å². The number of halogens is 1. The van der Waals surface area contributed by atoms with Gasteiger partial charge in [-0.05, 0) is 19.1 Å². The minimum atomic E-state index is -0.699. The molecule has 5 nitrogen and oxygen atoms in total. The summed E-state index contributed by atoms with van der Waals surface area (Å²) in [6.07, 6.45) is 2.31. The molecule has 0 saturated heterocycles. The van der Waals surface area contributed by atoms with Crippen LogP contribution in [-0.2, 0) is 0 Å². The van der Waals surface area contributed by atoms with Crippen molar-refractivity contribution >= 4 is 17.3 Å². The molecule has 0 bridgehead atoms. The number of para-hydroxylation sites is 1. The van der Waals surface area contributed by atoms with E-state index in [0.717, 1.165) is 6.20 Å². The van der Waals surface area contributed by atoms with Gasteiger partial charge in [0.05, 0.1) is 23.2 Å². The Morgan fingerprint density at radius 3 is 2.75 bits per heavy atom. The van der Waals surface area contributed by atoms with Gasteiger partial charge in [0, 0.05) is 11.8 Å². The Bertz CT molecular complexity index is 671. The molecule has 20 heavy (non-hydrogen) atoms. The fourth-order valence-corrected chi connectivity index (χ4v) is 1.71. The van der Waals surface area contributed by atoms with Crippen molar-refractivity contribution in [3.63, 3.8) is 0 Å². The van der Waals surface area contributed by atoms with Crippen LogP contribution in [0.1, 0.15) is 22.8 Å². The van der Waals surface area contributed by atoms with Crippen LogP contribution in [0.15, 0.2) is 47.9 Å². The third-order valence-electron chi connectivity index (χ3n) is 2.73. The molecule has 2 N–H and O–H groups in total. The summed E-state index contributed by atoms with van der Waals surface area (Å²) in [5, 5.41) is 14.5. The lowest BCUT2D eigenvalue weighted by molar-refractivity contribution is 0.102. The first-order valence-corrected chi connectivity index (χ1v) is 5.82. The number of aromatic nitrogens is 1. The Labute approximate surface area is 114 Å². The van der Waals surface area contributed by atoms with E-state index < -0.39 is 11.7 Å². The highest BCUT2D eigenvalue weighted by Gasteiger charge is 2.14. The highest BCUT2D eigenvalue weighted by Crippen LogP contribution is 2.17. The van der Waals surface area contributed by atoms with E-state index in [1.165, 1.54) is 12.3 Å². The van der Waals surface area contributed by atoms with Gasteiger partial charge in [-0.2, -0.15) is 0 Å². The second kappa shape index (κ2) is 5.92. The van der Waals surface area contributed by atoms with Gasteiger partial charge in [0.25, 0.3) is 5.91 Å². The van der Waals surface area contributed by atoms with Crippen LogP contribution in [0.4, 0.5) is 10.1 Å². The summed E-state index contributed by atoms with van der Waals surface area (Å²) in [6, 6.07) is 8.08. The lowest BCUT2D eigenvalue weighted by Crippen LogP contribution is -2.16.